The van der Waals surface area contributed by atoms with Crippen molar-refractivity contribution >= 4 is 11.6 Å². The minimum Gasteiger partial charge on any atom is -0.497 e. The molecule has 1 atom stereocenters. The maximum absolute atomic E-state index is 12.2. The molecule has 0 fully saturated rings. The number of methoxy groups -OCH3 is 1. The van der Waals surface area contributed by atoms with Crippen LogP contribution in [0.3, 0.4) is 0 Å². The molecule has 3 N–H and O–H groups in total. The minimum atomic E-state index is -0.193. The van der Waals surface area contributed by atoms with Gasteiger partial charge in [-0.1, -0.05) is 30.3 Å². The lowest BCUT2D eigenvalue weighted by molar-refractivity contribution is 0.0941. The van der Waals surface area contributed by atoms with Crippen LogP contribution in [0.5, 0.6) is 5.75 Å². The second-order valence-corrected chi connectivity index (χ2v) is 4.56. The van der Waals surface area contributed by atoms with Crippen molar-refractivity contribution in [1.82, 2.24) is 5.32 Å². The summed E-state index contributed by atoms with van der Waals surface area (Å²) in [6, 6.07) is 14.7. The quantitative estimate of drug-likeness (QED) is 0.840. The number of nitrogen functional groups attached to an aromatic ring is 1. The third-order valence-electron chi connectivity index (χ3n) is 3.15. The van der Waals surface area contributed by atoms with Gasteiger partial charge in [-0.2, -0.15) is 0 Å². The Kier molecular flexibility index (Phi) is 4.25. The van der Waals surface area contributed by atoms with E-state index >= 15 is 0 Å². The fraction of sp³-hybridized carbons (Fsp3) is 0.188. The van der Waals surface area contributed by atoms with Crippen LogP contribution < -0.4 is 15.8 Å². The number of hydrogen-bond donors (Lipinski definition) is 2. The molecule has 4 nitrogen and oxygen atoms in total. The highest BCUT2D eigenvalue weighted by Gasteiger charge is 2.14. The summed E-state index contributed by atoms with van der Waals surface area (Å²) in [5, 5.41) is 2.93. The van der Waals surface area contributed by atoms with Crippen LogP contribution in [0.4, 0.5) is 5.69 Å². The van der Waals surface area contributed by atoms with Crippen molar-refractivity contribution < 1.29 is 9.53 Å². The number of nitrogens with two attached hydrogens (primary N) is 1. The lowest BCUT2D eigenvalue weighted by Crippen LogP contribution is -2.27. The summed E-state index contributed by atoms with van der Waals surface area (Å²) in [4.78, 5) is 12.2. The lowest BCUT2D eigenvalue weighted by atomic mass is 10.1. The normalized spacial score (nSPS) is 11.7. The van der Waals surface area contributed by atoms with Gasteiger partial charge in [0.15, 0.2) is 0 Å². The number of anilines is 1. The average Bonchev–Trinajstić information content (AvgIpc) is 2.47. The number of hydrogen-bond acceptors (Lipinski definition) is 3. The van der Waals surface area contributed by atoms with E-state index in [0.29, 0.717) is 17.0 Å². The van der Waals surface area contributed by atoms with Gasteiger partial charge >= 0.3 is 0 Å². The van der Waals surface area contributed by atoms with E-state index in [-0.39, 0.29) is 11.9 Å². The van der Waals surface area contributed by atoms with Gasteiger partial charge in [-0.05, 0) is 24.6 Å². The Morgan fingerprint density at radius 2 is 1.90 bits per heavy atom. The zero-order valence-electron chi connectivity index (χ0n) is 11.6. The Bertz CT molecular complexity index is 597. The van der Waals surface area contributed by atoms with Gasteiger partial charge in [0.1, 0.15) is 5.75 Å². The number of ether oxygens (including phenoxy) is 1. The zero-order chi connectivity index (χ0) is 14.5. The van der Waals surface area contributed by atoms with E-state index in [4.69, 9.17) is 10.5 Å². The molecule has 0 radical (unpaired) electrons. The molecule has 0 aliphatic heterocycles. The molecule has 2 aromatic carbocycles. The molecule has 20 heavy (non-hydrogen) atoms. The Labute approximate surface area is 118 Å². The van der Waals surface area contributed by atoms with E-state index in [1.807, 2.05) is 37.3 Å². The van der Waals surface area contributed by atoms with Crippen molar-refractivity contribution in [2.24, 2.45) is 0 Å². The number of nitrogens with one attached hydrogen (secondary N) is 1. The Morgan fingerprint density at radius 1 is 1.20 bits per heavy atom. The van der Waals surface area contributed by atoms with Crippen LogP contribution >= 0.6 is 0 Å². The van der Waals surface area contributed by atoms with Gasteiger partial charge in [-0.15, -0.1) is 0 Å². The number of carbonyl (C=O) groups excluding carboxylic acids is 1. The summed E-state index contributed by atoms with van der Waals surface area (Å²) in [7, 11) is 1.56. The zero-order valence-corrected chi connectivity index (χ0v) is 11.6. The van der Waals surface area contributed by atoms with Crippen molar-refractivity contribution in [1.29, 1.82) is 0 Å². The lowest BCUT2D eigenvalue weighted by Gasteiger charge is -2.15. The fourth-order valence-electron chi connectivity index (χ4n) is 1.97. The van der Waals surface area contributed by atoms with Crippen LogP contribution in [0.15, 0.2) is 48.5 Å². The number of benzene rings is 2. The number of rotatable bonds is 4. The Morgan fingerprint density at radius 3 is 2.50 bits per heavy atom. The van der Waals surface area contributed by atoms with E-state index in [1.54, 1.807) is 25.3 Å². The van der Waals surface area contributed by atoms with E-state index in [1.165, 1.54) is 0 Å². The van der Waals surface area contributed by atoms with Crippen molar-refractivity contribution in [3.63, 3.8) is 0 Å². The number of carbonyl (C=O) groups is 1. The molecule has 0 spiro atoms. The second kappa shape index (κ2) is 6.10. The third-order valence-corrected chi connectivity index (χ3v) is 3.15. The van der Waals surface area contributed by atoms with E-state index in [2.05, 4.69) is 5.32 Å². The predicted octanol–water partition coefficient (Wildman–Crippen LogP) is 2.77. The molecule has 4 heteroatoms. The molecule has 0 aromatic heterocycles. The highest BCUT2D eigenvalue weighted by atomic mass is 16.5. The molecule has 0 heterocycles. The van der Waals surface area contributed by atoms with Crippen LogP contribution in [0, 0.1) is 0 Å². The van der Waals surface area contributed by atoms with E-state index in [9.17, 15) is 4.79 Å². The Balaban J connectivity index is 2.12. The largest absolute Gasteiger partial charge is 0.497 e. The minimum absolute atomic E-state index is 0.0785. The van der Waals surface area contributed by atoms with Crippen LogP contribution in [0.1, 0.15) is 28.9 Å². The van der Waals surface area contributed by atoms with E-state index < -0.39 is 0 Å². The monoisotopic (exact) mass is 270 g/mol. The Hall–Kier alpha value is -2.49. The molecule has 2 aromatic rings. The van der Waals surface area contributed by atoms with Crippen LogP contribution in [0.25, 0.3) is 0 Å². The molecule has 0 bridgehead atoms. The molecule has 0 saturated heterocycles. The maximum Gasteiger partial charge on any atom is 0.253 e. The third kappa shape index (κ3) is 3.09. The average molecular weight is 270 g/mol. The van der Waals surface area contributed by atoms with Gasteiger partial charge in [0.25, 0.3) is 5.91 Å². The molecule has 0 aliphatic carbocycles. The summed E-state index contributed by atoms with van der Waals surface area (Å²) >= 11 is 0. The number of amides is 1. The SMILES string of the molecule is COc1ccc(C(=O)N[C@@H](C)c2ccccc2)c(N)c1. The molecule has 0 saturated carbocycles. The molecular formula is C16H18N2O2. The van der Waals surface area contributed by atoms with Gasteiger partial charge in [0.2, 0.25) is 0 Å². The molecular weight excluding hydrogens is 252 g/mol. The molecule has 1 amide bonds. The predicted molar refractivity (Wildman–Crippen MR) is 79.7 cm³/mol. The van der Waals surface area contributed by atoms with Gasteiger partial charge in [-0.25, -0.2) is 0 Å². The van der Waals surface area contributed by atoms with Crippen molar-refractivity contribution in [2.75, 3.05) is 12.8 Å². The second-order valence-electron chi connectivity index (χ2n) is 4.56. The first-order valence-electron chi connectivity index (χ1n) is 6.41. The fourth-order valence-corrected chi connectivity index (χ4v) is 1.97. The summed E-state index contributed by atoms with van der Waals surface area (Å²) < 4.78 is 5.07. The van der Waals surface area contributed by atoms with Crippen LogP contribution in [-0.4, -0.2) is 13.0 Å². The van der Waals surface area contributed by atoms with Crippen LogP contribution in [0.2, 0.25) is 0 Å². The van der Waals surface area contributed by atoms with Gasteiger partial charge in [-0.3, -0.25) is 4.79 Å². The highest BCUT2D eigenvalue weighted by Crippen LogP contribution is 2.20. The van der Waals surface area contributed by atoms with Crippen molar-refractivity contribution in [3.05, 3.63) is 59.7 Å². The standard InChI is InChI=1S/C16H18N2O2/c1-11(12-6-4-3-5-7-12)18-16(19)14-9-8-13(20-2)10-15(14)17/h3-11H,17H2,1-2H3,(H,18,19)/t11-/m0/s1. The maximum atomic E-state index is 12.2. The molecule has 2 rings (SSSR count). The molecule has 104 valence electrons. The highest BCUT2D eigenvalue weighted by molar-refractivity contribution is 5.99. The van der Waals surface area contributed by atoms with Crippen molar-refractivity contribution in [3.8, 4) is 5.75 Å². The van der Waals surface area contributed by atoms with Gasteiger partial charge in [0.05, 0.1) is 18.7 Å². The first-order valence-corrected chi connectivity index (χ1v) is 6.41. The smallest absolute Gasteiger partial charge is 0.253 e. The molecule has 0 aliphatic rings. The van der Waals surface area contributed by atoms with Crippen LogP contribution in [-0.2, 0) is 0 Å². The summed E-state index contributed by atoms with van der Waals surface area (Å²) in [5.41, 5.74) is 7.78. The first kappa shape index (κ1) is 13.9. The molecule has 0 unspecified atom stereocenters. The summed E-state index contributed by atoms with van der Waals surface area (Å²) in [6.45, 7) is 1.94. The summed E-state index contributed by atoms with van der Waals surface area (Å²) in [5.74, 6) is 0.441. The first-order chi connectivity index (χ1) is 9.61. The van der Waals surface area contributed by atoms with Gasteiger partial charge < -0.3 is 15.8 Å². The van der Waals surface area contributed by atoms with Crippen molar-refractivity contribution in [2.45, 2.75) is 13.0 Å². The van der Waals surface area contributed by atoms with E-state index in [0.717, 1.165) is 5.56 Å². The van der Waals surface area contributed by atoms with Gasteiger partial charge in [0, 0.05) is 11.8 Å². The topological polar surface area (TPSA) is 64.3 Å². The summed E-state index contributed by atoms with van der Waals surface area (Å²) in [6.07, 6.45) is 0.